The number of nitrogens with zero attached hydrogens (tertiary/aromatic N) is 1. The lowest BCUT2D eigenvalue weighted by atomic mass is 9.83. The zero-order valence-corrected chi connectivity index (χ0v) is 21.8. The molecule has 0 aliphatic carbocycles. The zero-order chi connectivity index (χ0) is 26.2. The van der Waals surface area contributed by atoms with Gasteiger partial charge in [0.15, 0.2) is 0 Å². The minimum absolute atomic E-state index is 0.0178. The summed E-state index contributed by atoms with van der Waals surface area (Å²) in [5, 5.41) is 11.0. The van der Waals surface area contributed by atoms with E-state index < -0.39 is 11.7 Å². The van der Waals surface area contributed by atoms with Crippen molar-refractivity contribution in [2.75, 3.05) is 0 Å². The lowest BCUT2D eigenvalue weighted by Gasteiger charge is -2.36. The second kappa shape index (κ2) is 9.87. The molecule has 6 heteroatoms. The van der Waals surface area contributed by atoms with Crippen LogP contribution in [0.5, 0.6) is 5.75 Å². The summed E-state index contributed by atoms with van der Waals surface area (Å²) in [5.41, 5.74) is 1.96. The van der Waals surface area contributed by atoms with Gasteiger partial charge in [0.05, 0.1) is 10.6 Å². The maximum absolute atomic E-state index is 13.5. The van der Waals surface area contributed by atoms with E-state index in [0.717, 1.165) is 17.2 Å². The Morgan fingerprint density at radius 3 is 2.00 bits per heavy atom. The highest BCUT2D eigenvalue weighted by atomic mass is 35.5. The molecule has 3 rings (SSSR count). The van der Waals surface area contributed by atoms with Gasteiger partial charge in [0, 0.05) is 29.8 Å². The Labute approximate surface area is 211 Å². The number of halogens is 4. The Bertz CT molecular complexity index is 1180. The SMILES string of the molecule is CC(C)(C)c1cc(CN(Cc2ccccc2)C(C)(C)C)c(O)c(-c2ccc(Cl)c(C(F)(F)F)c2)c1. The number of aromatic hydroxyl groups is 1. The Hall–Kier alpha value is -2.50. The molecule has 0 amide bonds. The fourth-order valence-electron chi connectivity index (χ4n) is 3.92. The van der Waals surface area contributed by atoms with Crippen LogP contribution in [0.15, 0.2) is 60.7 Å². The number of hydrogen-bond acceptors (Lipinski definition) is 2. The van der Waals surface area contributed by atoms with Crippen molar-refractivity contribution in [1.82, 2.24) is 4.90 Å². The third-order valence-electron chi connectivity index (χ3n) is 6.16. The molecule has 3 aromatic carbocycles. The quantitative estimate of drug-likeness (QED) is 0.376. The predicted octanol–water partition coefficient (Wildman–Crippen LogP) is 8.83. The average molecular weight is 504 g/mol. The van der Waals surface area contributed by atoms with Gasteiger partial charge in [-0.2, -0.15) is 13.2 Å². The standard InChI is InChI=1S/C29H33ClF3NO/c1-27(2,3)22-14-21(18-34(28(4,5)6)17-19-10-8-7-9-11-19)26(35)23(16-22)20-12-13-25(30)24(15-20)29(31,32)33/h7-16,35H,17-18H2,1-6H3. The first-order valence-electron chi connectivity index (χ1n) is 11.6. The fourth-order valence-corrected chi connectivity index (χ4v) is 4.14. The van der Waals surface area contributed by atoms with Crippen molar-refractivity contribution in [2.24, 2.45) is 0 Å². The number of benzene rings is 3. The van der Waals surface area contributed by atoms with Crippen molar-refractivity contribution in [2.45, 2.75) is 71.8 Å². The topological polar surface area (TPSA) is 23.5 Å². The van der Waals surface area contributed by atoms with Gasteiger partial charge in [-0.15, -0.1) is 0 Å². The number of phenols is 1. The number of rotatable bonds is 5. The molecule has 188 valence electrons. The van der Waals surface area contributed by atoms with Gasteiger partial charge in [0.1, 0.15) is 5.75 Å². The van der Waals surface area contributed by atoms with Gasteiger partial charge in [-0.25, -0.2) is 0 Å². The molecule has 0 saturated carbocycles. The van der Waals surface area contributed by atoms with E-state index in [2.05, 4.69) is 37.8 Å². The molecule has 0 radical (unpaired) electrons. The molecule has 2 nitrogen and oxygen atoms in total. The highest BCUT2D eigenvalue weighted by molar-refractivity contribution is 6.31. The van der Waals surface area contributed by atoms with E-state index >= 15 is 0 Å². The van der Waals surface area contributed by atoms with Crippen molar-refractivity contribution in [1.29, 1.82) is 0 Å². The molecule has 0 aromatic heterocycles. The number of alkyl halides is 3. The largest absolute Gasteiger partial charge is 0.507 e. The van der Waals surface area contributed by atoms with Crippen LogP contribution in [0.25, 0.3) is 11.1 Å². The maximum atomic E-state index is 13.5. The monoisotopic (exact) mass is 503 g/mol. The molecular weight excluding hydrogens is 471 g/mol. The number of hydrogen-bond donors (Lipinski definition) is 1. The van der Waals surface area contributed by atoms with Gasteiger partial charge in [0.2, 0.25) is 0 Å². The summed E-state index contributed by atoms with van der Waals surface area (Å²) in [5.74, 6) is -0.0178. The van der Waals surface area contributed by atoms with Gasteiger partial charge < -0.3 is 5.11 Å². The van der Waals surface area contributed by atoms with E-state index in [1.54, 1.807) is 6.07 Å². The van der Waals surface area contributed by atoms with Gasteiger partial charge in [0.25, 0.3) is 0 Å². The number of phenolic OH excluding ortho intramolecular Hbond substituents is 1. The van der Waals surface area contributed by atoms with Crippen LogP contribution < -0.4 is 0 Å². The van der Waals surface area contributed by atoms with Crippen LogP contribution in [0.1, 0.15) is 63.8 Å². The van der Waals surface area contributed by atoms with Crippen LogP contribution in [-0.2, 0) is 24.7 Å². The Balaban J connectivity index is 2.15. The summed E-state index contributed by atoms with van der Waals surface area (Å²) in [4.78, 5) is 2.25. The van der Waals surface area contributed by atoms with Crippen molar-refractivity contribution in [3.8, 4) is 16.9 Å². The molecule has 0 spiro atoms. The van der Waals surface area contributed by atoms with Crippen LogP contribution in [0.2, 0.25) is 5.02 Å². The van der Waals surface area contributed by atoms with E-state index in [4.69, 9.17) is 11.6 Å². The summed E-state index contributed by atoms with van der Waals surface area (Å²) in [6.07, 6.45) is -4.59. The zero-order valence-electron chi connectivity index (χ0n) is 21.1. The second-order valence-corrected chi connectivity index (χ2v) is 11.4. The molecule has 0 fully saturated rings. The van der Waals surface area contributed by atoms with Gasteiger partial charge >= 0.3 is 6.18 Å². The Kier molecular flexibility index (Phi) is 7.64. The van der Waals surface area contributed by atoms with Gasteiger partial charge in [-0.3, -0.25) is 4.90 Å². The third-order valence-corrected chi connectivity index (χ3v) is 6.49. The van der Waals surface area contributed by atoms with Crippen LogP contribution in [0.3, 0.4) is 0 Å². The third kappa shape index (κ3) is 6.59. The highest BCUT2D eigenvalue weighted by Gasteiger charge is 2.34. The Morgan fingerprint density at radius 2 is 1.46 bits per heavy atom. The molecule has 0 aliphatic heterocycles. The Morgan fingerprint density at radius 1 is 0.829 bits per heavy atom. The van der Waals surface area contributed by atoms with E-state index in [-0.39, 0.29) is 27.3 Å². The molecule has 0 unspecified atom stereocenters. The first-order valence-corrected chi connectivity index (χ1v) is 12.0. The van der Waals surface area contributed by atoms with Crippen LogP contribution >= 0.6 is 11.6 Å². The summed E-state index contributed by atoms with van der Waals surface area (Å²) >= 11 is 5.85. The van der Waals surface area contributed by atoms with E-state index in [9.17, 15) is 18.3 Å². The molecule has 35 heavy (non-hydrogen) atoms. The minimum Gasteiger partial charge on any atom is -0.507 e. The first-order chi connectivity index (χ1) is 16.1. The van der Waals surface area contributed by atoms with Crippen molar-refractivity contribution in [3.05, 3.63) is 87.9 Å². The van der Waals surface area contributed by atoms with Crippen molar-refractivity contribution in [3.63, 3.8) is 0 Å². The summed E-state index contributed by atoms with van der Waals surface area (Å²) in [6.45, 7) is 13.5. The minimum atomic E-state index is -4.59. The fraction of sp³-hybridized carbons (Fsp3) is 0.379. The van der Waals surface area contributed by atoms with Gasteiger partial charge in [-0.05, 0) is 61.1 Å². The van der Waals surface area contributed by atoms with Crippen LogP contribution in [0.4, 0.5) is 13.2 Å². The van der Waals surface area contributed by atoms with E-state index in [1.807, 2.05) is 45.0 Å². The maximum Gasteiger partial charge on any atom is 0.417 e. The van der Waals surface area contributed by atoms with E-state index in [0.29, 0.717) is 24.2 Å². The molecule has 0 heterocycles. The average Bonchev–Trinajstić information content (AvgIpc) is 2.73. The van der Waals surface area contributed by atoms with Crippen LogP contribution in [0, 0.1) is 0 Å². The normalized spacial score (nSPS) is 12.9. The second-order valence-electron chi connectivity index (χ2n) is 11.0. The highest BCUT2D eigenvalue weighted by Crippen LogP contribution is 2.42. The summed E-state index contributed by atoms with van der Waals surface area (Å²) in [7, 11) is 0. The molecular formula is C29H33ClF3NO. The lowest BCUT2D eigenvalue weighted by molar-refractivity contribution is -0.137. The van der Waals surface area contributed by atoms with Crippen LogP contribution in [-0.4, -0.2) is 15.5 Å². The molecule has 1 N–H and O–H groups in total. The molecule has 0 saturated heterocycles. The molecule has 3 aromatic rings. The van der Waals surface area contributed by atoms with Gasteiger partial charge in [-0.1, -0.05) is 74.8 Å². The predicted molar refractivity (Wildman–Crippen MR) is 138 cm³/mol. The van der Waals surface area contributed by atoms with Crippen molar-refractivity contribution < 1.29 is 18.3 Å². The molecule has 0 atom stereocenters. The van der Waals surface area contributed by atoms with Crippen molar-refractivity contribution >= 4 is 11.6 Å². The lowest BCUT2D eigenvalue weighted by Crippen LogP contribution is -2.40. The van der Waals surface area contributed by atoms with E-state index in [1.165, 1.54) is 12.1 Å². The first kappa shape index (κ1) is 27.1. The molecule has 0 bridgehead atoms. The summed E-state index contributed by atoms with van der Waals surface area (Å²) in [6, 6.07) is 17.6. The summed E-state index contributed by atoms with van der Waals surface area (Å²) < 4.78 is 40.6. The smallest absolute Gasteiger partial charge is 0.417 e. The molecule has 0 aliphatic rings.